The Balaban J connectivity index is 1.81. The second-order valence-electron chi connectivity index (χ2n) is 6.74. The SMILES string of the molecule is Cc1ccccc1CCc1nc(N(C)Cc2ccc(Cl)cc2)ncc1C(=O)O. The third-order valence-corrected chi connectivity index (χ3v) is 4.90. The van der Waals surface area contributed by atoms with Crippen molar-refractivity contribution in [2.75, 3.05) is 11.9 Å². The first-order valence-corrected chi connectivity index (χ1v) is 9.41. The van der Waals surface area contributed by atoms with Crippen molar-refractivity contribution in [3.63, 3.8) is 0 Å². The van der Waals surface area contributed by atoms with Crippen LogP contribution in [0.15, 0.2) is 54.7 Å². The van der Waals surface area contributed by atoms with Gasteiger partial charge in [-0.1, -0.05) is 48.0 Å². The number of benzene rings is 2. The highest BCUT2D eigenvalue weighted by Gasteiger charge is 2.16. The van der Waals surface area contributed by atoms with Crippen molar-refractivity contribution >= 4 is 23.5 Å². The number of carbonyl (C=O) groups is 1. The minimum absolute atomic E-state index is 0.150. The Bertz CT molecular complexity index is 974. The van der Waals surface area contributed by atoms with Gasteiger partial charge >= 0.3 is 5.97 Å². The van der Waals surface area contributed by atoms with Gasteiger partial charge in [0.05, 0.1) is 11.3 Å². The molecule has 144 valence electrons. The smallest absolute Gasteiger partial charge is 0.339 e. The lowest BCUT2D eigenvalue weighted by Gasteiger charge is -2.18. The van der Waals surface area contributed by atoms with E-state index in [0.29, 0.717) is 29.6 Å². The summed E-state index contributed by atoms with van der Waals surface area (Å²) in [5.74, 6) is -0.508. The zero-order valence-electron chi connectivity index (χ0n) is 15.9. The van der Waals surface area contributed by atoms with Gasteiger partial charge in [-0.3, -0.25) is 0 Å². The number of nitrogens with zero attached hydrogens (tertiary/aromatic N) is 3. The van der Waals surface area contributed by atoms with Gasteiger partial charge in [0.15, 0.2) is 0 Å². The Morgan fingerprint density at radius 3 is 2.50 bits per heavy atom. The number of hydrogen-bond donors (Lipinski definition) is 1. The normalized spacial score (nSPS) is 10.7. The number of aryl methyl sites for hydroxylation is 3. The monoisotopic (exact) mass is 395 g/mol. The largest absolute Gasteiger partial charge is 0.478 e. The van der Waals surface area contributed by atoms with E-state index >= 15 is 0 Å². The number of rotatable bonds is 7. The maximum absolute atomic E-state index is 11.6. The van der Waals surface area contributed by atoms with Crippen LogP contribution in [-0.2, 0) is 19.4 Å². The van der Waals surface area contributed by atoms with E-state index < -0.39 is 5.97 Å². The first-order chi connectivity index (χ1) is 13.4. The first-order valence-electron chi connectivity index (χ1n) is 9.03. The Morgan fingerprint density at radius 1 is 1.11 bits per heavy atom. The quantitative estimate of drug-likeness (QED) is 0.635. The number of hydrogen-bond acceptors (Lipinski definition) is 4. The van der Waals surface area contributed by atoms with Gasteiger partial charge in [-0.05, 0) is 48.6 Å². The maximum atomic E-state index is 11.6. The van der Waals surface area contributed by atoms with Crippen LogP contribution in [0.5, 0.6) is 0 Å². The van der Waals surface area contributed by atoms with Gasteiger partial charge < -0.3 is 10.0 Å². The summed E-state index contributed by atoms with van der Waals surface area (Å²) in [7, 11) is 1.88. The highest BCUT2D eigenvalue weighted by molar-refractivity contribution is 6.30. The molecule has 0 amide bonds. The molecule has 0 saturated heterocycles. The van der Waals surface area contributed by atoms with E-state index in [1.807, 2.05) is 48.3 Å². The average molecular weight is 396 g/mol. The van der Waals surface area contributed by atoms with Crippen molar-refractivity contribution in [3.05, 3.63) is 87.7 Å². The topological polar surface area (TPSA) is 66.3 Å². The fourth-order valence-electron chi connectivity index (χ4n) is 3.04. The average Bonchev–Trinajstić information content (AvgIpc) is 2.68. The lowest BCUT2D eigenvalue weighted by Crippen LogP contribution is -2.21. The molecule has 2 aromatic carbocycles. The predicted molar refractivity (Wildman–Crippen MR) is 111 cm³/mol. The zero-order chi connectivity index (χ0) is 20.1. The van der Waals surface area contributed by atoms with Crippen LogP contribution in [0.4, 0.5) is 5.95 Å². The van der Waals surface area contributed by atoms with E-state index in [4.69, 9.17) is 11.6 Å². The Labute approximate surface area is 169 Å². The maximum Gasteiger partial charge on any atom is 0.339 e. The van der Waals surface area contributed by atoms with Crippen LogP contribution in [0, 0.1) is 6.92 Å². The van der Waals surface area contributed by atoms with E-state index in [-0.39, 0.29) is 5.56 Å². The summed E-state index contributed by atoms with van der Waals surface area (Å²) in [5, 5.41) is 10.2. The molecule has 0 aliphatic rings. The predicted octanol–water partition coefficient (Wildman–Crippen LogP) is 4.56. The minimum atomic E-state index is -1.01. The van der Waals surface area contributed by atoms with Crippen molar-refractivity contribution in [1.82, 2.24) is 9.97 Å². The van der Waals surface area contributed by atoms with E-state index in [9.17, 15) is 9.90 Å². The molecule has 28 heavy (non-hydrogen) atoms. The lowest BCUT2D eigenvalue weighted by molar-refractivity contribution is 0.0694. The summed E-state index contributed by atoms with van der Waals surface area (Å²) in [5.41, 5.74) is 4.14. The molecule has 0 atom stereocenters. The molecule has 0 aliphatic carbocycles. The van der Waals surface area contributed by atoms with Crippen LogP contribution in [0.2, 0.25) is 5.02 Å². The van der Waals surface area contributed by atoms with Crippen molar-refractivity contribution in [2.45, 2.75) is 26.3 Å². The molecule has 1 aromatic heterocycles. The Kier molecular flexibility index (Phi) is 6.26. The number of aromatic carboxylic acids is 1. The van der Waals surface area contributed by atoms with E-state index in [1.54, 1.807) is 0 Å². The number of carboxylic acids is 1. The molecule has 5 nitrogen and oxygen atoms in total. The van der Waals surface area contributed by atoms with E-state index in [2.05, 4.69) is 29.0 Å². The van der Waals surface area contributed by atoms with Gasteiger partial charge in [0.1, 0.15) is 0 Å². The first kappa shape index (κ1) is 19.8. The third kappa shape index (κ3) is 4.87. The van der Waals surface area contributed by atoms with Gasteiger partial charge in [0, 0.05) is 24.8 Å². The summed E-state index contributed by atoms with van der Waals surface area (Å²) in [6.07, 6.45) is 2.66. The van der Waals surface area contributed by atoms with Gasteiger partial charge in [-0.15, -0.1) is 0 Å². The summed E-state index contributed by atoms with van der Waals surface area (Å²) in [6.45, 7) is 2.65. The van der Waals surface area contributed by atoms with Crippen LogP contribution in [-0.4, -0.2) is 28.1 Å². The lowest BCUT2D eigenvalue weighted by atomic mass is 10.0. The molecule has 1 heterocycles. The molecule has 0 saturated carbocycles. The fourth-order valence-corrected chi connectivity index (χ4v) is 3.16. The van der Waals surface area contributed by atoms with E-state index in [0.717, 1.165) is 12.0 Å². The van der Waals surface area contributed by atoms with Crippen LogP contribution in [0.3, 0.4) is 0 Å². The third-order valence-electron chi connectivity index (χ3n) is 4.65. The number of halogens is 1. The number of carboxylic acid groups (broad SMARTS) is 1. The Hall–Kier alpha value is -2.92. The second-order valence-corrected chi connectivity index (χ2v) is 7.18. The molecule has 3 aromatic rings. The zero-order valence-corrected chi connectivity index (χ0v) is 16.6. The molecule has 0 unspecified atom stereocenters. The van der Waals surface area contributed by atoms with Crippen LogP contribution < -0.4 is 4.90 Å². The minimum Gasteiger partial charge on any atom is -0.478 e. The molecule has 0 fully saturated rings. The molecular formula is C22H22ClN3O2. The highest BCUT2D eigenvalue weighted by atomic mass is 35.5. The van der Waals surface area contributed by atoms with Crippen molar-refractivity contribution in [3.8, 4) is 0 Å². The molecule has 1 N–H and O–H groups in total. The highest BCUT2D eigenvalue weighted by Crippen LogP contribution is 2.18. The Morgan fingerprint density at radius 2 is 1.82 bits per heavy atom. The van der Waals surface area contributed by atoms with E-state index in [1.165, 1.54) is 17.3 Å². The summed E-state index contributed by atoms with van der Waals surface area (Å²) in [6, 6.07) is 15.7. The molecule has 3 rings (SSSR count). The van der Waals surface area contributed by atoms with Crippen LogP contribution >= 0.6 is 11.6 Å². The standard InChI is InChI=1S/C22H22ClN3O2/c1-15-5-3-4-6-17(15)9-12-20-19(21(27)28)13-24-22(25-20)26(2)14-16-7-10-18(23)11-8-16/h3-8,10-11,13H,9,12,14H2,1-2H3,(H,27,28). The van der Waals surface area contributed by atoms with Crippen LogP contribution in [0.1, 0.15) is 32.7 Å². The molecule has 6 heteroatoms. The second kappa shape index (κ2) is 8.85. The van der Waals surface area contributed by atoms with Gasteiger partial charge in [0.2, 0.25) is 5.95 Å². The summed E-state index contributed by atoms with van der Waals surface area (Å²) >= 11 is 5.94. The van der Waals surface area contributed by atoms with Crippen molar-refractivity contribution < 1.29 is 9.90 Å². The fraction of sp³-hybridized carbons (Fsp3) is 0.227. The number of aromatic nitrogens is 2. The molecule has 0 aliphatic heterocycles. The number of anilines is 1. The molecule has 0 radical (unpaired) electrons. The van der Waals surface area contributed by atoms with Gasteiger partial charge in [0.25, 0.3) is 0 Å². The van der Waals surface area contributed by atoms with Gasteiger partial charge in [-0.25, -0.2) is 14.8 Å². The van der Waals surface area contributed by atoms with Crippen LogP contribution in [0.25, 0.3) is 0 Å². The van der Waals surface area contributed by atoms with Crippen molar-refractivity contribution in [2.24, 2.45) is 0 Å². The van der Waals surface area contributed by atoms with Crippen molar-refractivity contribution in [1.29, 1.82) is 0 Å². The van der Waals surface area contributed by atoms with Gasteiger partial charge in [-0.2, -0.15) is 0 Å². The summed E-state index contributed by atoms with van der Waals surface area (Å²) < 4.78 is 0. The summed E-state index contributed by atoms with van der Waals surface area (Å²) in [4.78, 5) is 22.3. The molecule has 0 bridgehead atoms. The molecular weight excluding hydrogens is 374 g/mol. The molecule has 0 spiro atoms.